The summed E-state index contributed by atoms with van der Waals surface area (Å²) in [6.07, 6.45) is 0.277. The van der Waals surface area contributed by atoms with Crippen molar-refractivity contribution in [3.63, 3.8) is 0 Å². The van der Waals surface area contributed by atoms with E-state index in [0.29, 0.717) is 50.0 Å². The van der Waals surface area contributed by atoms with Gasteiger partial charge in [-0.3, -0.25) is 4.79 Å². The number of aryl methyl sites for hydroxylation is 1. The van der Waals surface area contributed by atoms with Crippen molar-refractivity contribution in [3.8, 4) is 0 Å². The third-order valence-corrected chi connectivity index (χ3v) is 4.50. The van der Waals surface area contributed by atoms with Gasteiger partial charge in [-0.05, 0) is 31.2 Å². The standard InChI is InChI=1S/C19H21N3O5/c1-12-7-14-8-13(3-4-16(14)26-12)19(23)22-5-6-25-15(10-22)9-18-20-17(11-24-2)21-27-18/h3-4,7-8,15H,5-6,9-11H2,1-2H3/t15-/m0/s1. The van der Waals surface area contributed by atoms with E-state index >= 15 is 0 Å². The number of aromatic nitrogens is 2. The molecule has 0 spiro atoms. The predicted octanol–water partition coefficient (Wildman–Crippen LogP) is 2.35. The van der Waals surface area contributed by atoms with Crippen molar-refractivity contribution in [2.75, 3.05) is 26.8 Å². The summed E-state index contributed by atoms with van der Waals surface area (Å²) in [5.74, 6) is 1.79. The van der Waals surface area contributed by atoms with E-state index in [1.54, 1.807) is 18.1 Å². The van der Waals surface area contributed by atoms with Gasteiger partial charge in [0.15, 0.2) is 5.82 Å². The first-order chi connectivity index (χ1) is 13.1. The van der Waals surface area contributed by atoms with Crippen molar-refractivity contribution in [1.29, 1.82) is 0 Å². The second kappa shape index (κ2) is 7.50. The molecule has 4 rings (SSSR count). The second-order valence-corrected chi connectivity index (χ2v) is 6.60. The van der Waals surface area contributed by atoms with Crippen molar-refractivity contribution in [2.45, 2.75) is 26.1 Å². The Hall–Kier alpha value is -2.71. The van der Waals surface area contributed by atoms with Gasteiger partial charge in [-0.25, -0.2) is 0 Å². The van der Waals surface area contributed by atoms with E-state index in [2.05, 4.69) is 10.1 Å². The number of fused-ring (bicyclic) bond motifs is 1. The van der Waals surface area contributed by atoms with Crippen LogP contribution in [0.15, 0.2) is 33.2 Å². The van der Waals surface area contributed by atoms with Gasteiger partial charge in [0.05, 0.1) is 19.1 Å². The Balaban J connectivity index is 1.43. The second-order valence-electron chi connectivity index (χ2n) is 6.60. The topological polar surface area (TPSA) is 90.8 Å². The lowest BCUT2D eigenvalue weighted by molar-refractivity contribution is -0.0237. The number of nitrogens with zero attached hydrogens (tertiary/aromatic N) is 3. The maximum absolute atomic E-state index is 12.9. The zero-order valence-electron chi connectivity index (χ0n) is 15.3. The highest BCUT2D eigenvalue weighted by Crippen LogP contribution is 2.22. The fraction of sp³-hybridized carbons (Fsp3) is 0.421. The molecular weight excluding hydrogens is 350 g/mol. The van der Waals surface area contributed by atoms with E-state index in [1.165, 1.54) is 0 Å². The number of hydrogen-bond donors (Lipinski definition) is 0. The summed E-state index contributed by atoms with van der Waals surface area (Å²) in [5.41, 5.74) is 1.43. The Labute approximate surface area is 156 Å². The van der Waals surface area contributed by atoms with Gasteiger partial charge in [0.1, 0.15) is 18.0 Å². The lowest BCUT2D eigenvalue weighted by atomic mass is 10.1. The average Bonchev–Trinajstić information content (AvgIpc) is 3.26. The van der Waals surface area contributed by atoms with Crippen LogP contribution in [0.3, 0.4) is 0 Å². The normalized spacial score (nSPS) is 17.6. The van der Waals surface area contributed by atoms with Crippen molar-refractivity contribution in [2.24, 2.45) is 0 Å². The maximum Gasteiger partial charge on any atom is 0.254 e. The number of carbonyl (C=O) groups excluding carboxylic acids is 1. The van der Waals surface area contributed by atoms with Gasteiger partial charge < -0.3 is 23.3 Å². The zero-order chi connectivity index (χ0) is 18.8. The minimum atomic E-state index is -0.182. The Morgan fingerprint density at radius 1 is 1.37 bits per heavy atom. The third kappa shape index (κ3) is 3.86. The minimum Gasteiger partial charge on any atom is -0.461 e. The molecule has 1 saturated heterocycles. The molecule has 8 nitrogen and oxygen atoms in total. The Bertz CT molecular complexity index is 948. The lowest BCUT2D eigenvalue weighted by Crippen LogP contribution is -2.46. The van der Waals surface area contributed by atoms with Gasteiger partial charge in [-0.1, -0.05) is 5.16 Å². The monoisotopic (exact) mass is 371 g/mol. The highest BCUT2D eigenvalue weighted by atomic mass is 16.5. The number of benzene rings is 1. The third-order valence-electron chi connectivity index (χ3n) is 4.50. The molecule has 3 heterocycles. The fourth-order valence-corrected chi connectivity index (χ4v) is 3.27. The first-order valence-electron chi connectivity index (χ1n) is 8.84. The van der Waals surface area contributed by atoms with Crippen LogP contribution in [0.5, 0.6) is 0 Å². The van der Waals surface area contributed by atoms with Crippen molar-refractivity contribution < 1.29 is 23.2 Å². The molecule has 1 atom stereocenters. The maximum atomic E-state index is 12.9. The average molecular weight is 371 g/mol. The van der Waals surface area contributed by atoms with Gasteiger partial charge >= 0.3 is 0 Å². The van der Waals surface area contributed by atoms with E-state index in [9.17, 15) is 4.79 Å². The van der Waals surface area contributed by atoms with Gasteiger partial charge in [-0.2, -0.15) is 4.98 Å². The SMILES string of the molecule is COCc1noc(C[C@H]2CN(C(=O)c3ccc4oc(C)cc4c3)CCO2)n1. The van der Waals surface area contributed by atoms with Crippen LogP contribution in [0.4, 0.5) is 0 Å². The quantitative estimate of drug-likeness (QED) is 0.680. The molecule has 3 aromatic rings. The van der Waals surface area contributed by atoms with Gasteiger partial charge in [-0.15, -0.1) is 0 Å². The van der Waals surface area contributed by atoms with Crippen LogP contribution in [0.25, 0.3) is 11.0 Å². The molecule has 0 unspecified atom stereocenters. The highest BCUT2D eigenvalue weighted by molar-refractivity contribution is 5.97. The Morgan fingerprint density at radius 2 is 2.26 bits per heavy atom. The molecule has 2 aromatic heterocycles. The van der Waals surface area contributed by atoms with Crippen LogP contribution in [-0.2, 0) is 22.5 Å². The van der Waals surface area contributed by atoms with Crippen molar-refractivity contribution in [1.82, 2.24) is 15.0 Å². The van der Waals surface area contributed by atoms with Crippen LogP contribution in [-0.4, -0.2) is 53.9 Å². The number of hydrogen-bond acceptors (Lipinski definition) is 7. The van der Waals surface area contributed by atoms with E-state index in [4.69, 9.17) is 18.4 Å². The fourth-order valence-electron chi connectivity index (χ4n) is 3.27. The van der Waals surface area contributed by atoms with E-state index in [0.717, 1.165) is 16.7 Å². The molecule has 0 aliphatic carbocycles. The number of carbonyl (C=O) groups is 1. The molecular formula is C19H21N3O5. The van der Waals surface area contributed by atoms with E-state index in [1.807, 2.05) is 25.1 Å². The van der Waals surface area contributed by atoms with Crippen LogP contribution in [0, 0.1) is 6.92 Å². The molecule has 142 valence electrons. The van der Waals surface area contributed by atoms with Crippen LogP contribution >= 0.6 is 0 Å². The molecule has 0 bridgehead atoms. The Kier molecular flexibility index (Phi) is 4.91. The van der Waals surface area contributed by atoms with E-state index < -0.39 is 0 Å². The predicted molar refractivity (Wildman–Crippen MR) is 95.3 cm³/mol. The van der Waals surface area contributed by atoms with Gasteiger partial charge in [0, 0.05) is 31.1 Å². The lowest BCUT2D eigenvalue weighted by Gasteiger charge is -2.32. The van der Waals surface area contributed by atoms with Crippen LogP contribution in [0.1, 0.15) is 27.8 Å². The number of morpholine rings is 1. The summed E-state index contributed by atoms with van der Waals surface area (Å²) < 4.78 is 21.5. The Morgan fingerprint density at radius 3 is 3.11 bits per heavy atom. The summed E-state index contributed by atoms with van der Waals surface area (Å²) in [7, 11) is 1.58. The first kappa shape index (κ1) is 17.7. The molecule has 0 N–H and O–H groups in total. The van der Waals surface area contributed by atoms with Crippen LogP contribution in [0.2, 0.25) is 0 Å². The number of methoxy groups -OCH3 is 1. The molecule has 0 saturated carbocycles. The minimum absolute atomic E-state index is 0.0188. The first-order valence-corrected chi connectivity index (χ1v) is 8.84. The summed E-state index contributed by atoms with van der Waals surface area (Å²) in [4.78, 5) is 19.0. The molecule has 27 heavy (non-hydrogen) atoms. The van der Waals surface area contributed by atoms with Crippen LogP contribution < -0.4 is 0 Å². The molecule has 1 amide bonds. The summed E-state index contributed by atoms with van der Waals surface area (Å²) in [6.45, 7) is 3.70. The largest absolute Gasteiger partial charge is 0.461 e. The molecule has 1 aliphatic heterocycles. The zero-order valence-corrected chi connectivity index (χ0v) is 15.3. The molecule has 1 aromatic carbocycles. The summed E-state index contributed by atoms with van der Waals surface area (Å²) in [6, 6.07) is 7.44. The number of rotatable bonds is 5. The van der Waals surface area contributed by atoms with Gasteiger partial charge in [0.25, 0.3) is 5.91 Å². The summed E-state index contributed by atoms with van der Waals surface area (Å²) >= 11 is 0. The van der Waals surface area contributed by atoms with Crippen molar-refractivity contribution in [3.05, 3.63) is 47.3 Å². The van der Waals surface area contributed by atoms with E-state index in [-0.39, 0.29) is 12.0 Å². The number of amides is 1. The molecule has 8 heteroatoms. The highest BCUT2D eigenvalue weighted by Gasteiger charge is 2.27. The number of ether oxygens (including phenoxy) is 2. The molecule has 1 fully saturated rings. The van der Waals surface area contributed by atoms with Crippen molar-refractivity contribution >= 4 is 16.9 Å². The smallest absolute Gasteiger partial charge is 0.254 e. The van der Waals surface area contributed by atoms with Gasteiger partial charge in [0.2, 0.25) is 5.89 Å². The number of furan rings is 1. The summed E-state index contributed by atoms with van der Waals surface area (Å²) in [5, 5.41) is 4.78. The molecule has 1 aliphatic rings. The molecule has 0 radical (unpaired) electrons.